The average Bonchev–Trinajstić information content (AvgIpc) is 3.42. The zero-order valence-electron chi connectivity index (χ0n) is 16.4. The Balaban J connectivity index is 1.70. The molecule has 3 aromatic rings. The molecule has 6 nitrogen and oxygen atoms in total. The van der Waals surface area contributed by atoms with E-state index in [1.807, 2.05) is 28.8 Å². The van der Waals surface area contributed by atoms with Crippen LogP contribution in [0.2, 0.25) is 0 Å². The molecule has 3 rings (SSSR count). The predicted octanol–water partition coefficient (Wildman–Crippen LogP) is 5.17. The normalized spacial score (nSPS) is 11.2. The second kappa shape index (κ2) is 10.3. The quantitative estimate of drug-likeness (QED) is 0.287. The van der Waals surface area contributed by atoms with Crippen LogP contribution in [0, 0.1) is 0 Å². The van der Waals surface area contributed by atoms with E-state index in [9.17, 15) is 4.79 Å². The lowest BCUT2D eigenvalue weighted by Crippen LogP contribution is -2.32. The monoisotopic (exact) mass is 494 g/mol. The molecule has 0 saturated heterocycles. The summed E-state index contributed by atoms with van der Waals surface area (Å²) in [6, 6.07) is 7.81. The van der Waals surface area contributed by atoms with Gasteiger partial charge in [-0.3, -0.25) is 9.36 Å². The minimum atomic E-state index is 0.0399. The van der Waals surface area contributed by atoms with E-state index < -0.39 is 0 Å². The molecule has 0 aromatic carbocycles. The van der Waals surface area contributed by atoms with E-state index >= 15 is 0 Å². The molecule has 0 N–H and O–H groups in total. The van der Waals surface area contributed by atoms with Crippen LogP contribution in [0.25, 0.3) is 0 Å². The van der Waals surface area contributed by atoms with Crippen molar-refractivity contribution >= 4 is 44.9 Å². The van der Waals surface area contributed by atoms with Gasteiger partial charge in [0.15, 0.2) is 5.16 Å². The molecule has 0 bridgehead atoms. The van der Waals surface area contributed by atoms with Crippen molar-refractivity contribution in [3.63, 3.8) is 0 Å². The Morgan fingerprint density at radius 1 is 1.41 bits per heavy atom. The standard InChI is InChI=1S/C20H23BrN4O2S2/c1-4-9-24(12-16-7-8-17(21)29-16)18(26)13-28-20-23-22-19(14(2)3)25(20)11-15-6-5-10-27-15/h4-8,10,14H,1,9,11-13H2,2-3H3. The SMILES string of the molecule is C=CCN(Cc1ccc(Br)s1)C(=O)CSc1nnc(C(C)C)n1Cc1ccco1. The smallest absolute Gasteiger partial charge is 0.233 e. The van der Waals surface area contributed by atoms with Gasteiger partial charge in [-0.25, -0.2) is 0 Å². The van der Waals surface area contributed by atoms with Gasteiger partial charge in [0.05, 0.1) is 28.9 Å². The Kier molecular flexibility index (Phi) is 7.74. The summed E-state index contributed by atoms with van der Waals surface area (Å²) in [4.78, 5) is 15.8. The van der Waals surface area contributed by atoms with E-state index in [0.717, 1.165) is 25.4 Å². The van der Waals surface area contributed by atoms with Gasteiger partial charge in [-0.15, -0.1) is 28.1 Å². The van der Waals surface area contributed by atoms with Gasteiger partial charge in [-0.1, -0.05) is 31.7 Å². The van der Waals surface area contributed by atoms with E-state index in [0.29, 0.717) is 19.6 Å². The van der Waals surface area contributed by atoms with Crippen molar-refractivity contribution in [1.29, 1.82) is 0 Å². The first-order valence-electron chi connectivity index (χ1n) is 9.19. The highest BCUT2D eigenvalue weighted by Gasteiger charge is 2.20. The van der Waals surface area contributed by atoms with Crippen LogP contribution in [0.1, 0.15) is 36.2 Å². The Morgan fingerprint density at radius 3 is 2.86 bits per heavy atom. The van der Waals surface area contributed by atoms with Crippen molar-refractivity contribution < 1.29 is 9.21 Å². The van der Waals surface area contributed by atoms with Crippen molar-refractivity contribution in [2.75, 3.05) is 12.3 Å². The first-order chi connectivity index (χ1) is 14.0. The zero-order valence-corrected chi connectivity index (χ0v) is 19.6. The van der Waals surface area contributed by atoms with E-state index in [4.69, 9.17) is 4.42 Å². The van der Waals surface area contributed by atoms with Crippen LogP contribution in [0.3, 0.4) is 0 Å². The van der Waals surface area contributed by atoms with Crippen LogP contribution in [-0.2, 0) is 17.9 Å². The Labute approximate surface area is 187 Å². The largest absolute Gasteiger partial charge is 0.467 e. The fraction of sp³-hybridized carbons (Fsp3) is 0.350. The van der Waals surface area contributed by atoms with Gasteiger partial charge in [0.1, 0.15) is 11.6 Å². The van der Waals surface area contributed by atoms with Gasteiger partial charge in [0, 0.05) is 17.3 Å². The number of carbonyl (C=O) groups excluding carboxylic acids is 1. The number of thiophene rings is 1. The number of hydrogen-bond donors (Lipinski definition) is 0. The highest BCUT2D eigenvalue weighted by Crippen LogP contribution is 2.25. The number of hydrogen-bond acceptors (Lipinski definition) is 6. The molecule has 0 aliphatic rings. The fourth-order valence-corrected chi connectivity index (χ4v) is 5.14. The predicted molar refractivity (Wildman–Crippen MR) is 120 cm³/mol. The molecule has 9 heteroatoms. The van der Waals surface area contributed by atoms with Gasteiger partial charge >= 0.3 is 0 Å². The minimum Gasteiger partial charge on any atom is -0.467 e. The van der Waals surface area contributed by atoms with Crippen LogP contribution < -0.4 is 0 Å². The molecule has 0 unspecified atom stereocenters. The number of aromatic nitrogens is 3. The molecule has 3 aromatic heterocycles. The van der Waals surface area contributed by atoms with Gasteiger partial charge in [0.25, 0.3) is 0 Å². The Hall–Kier alpha value is -1.84. The second-order valence-electron chi connectivity index (χ2n) is 6.72. The van der Waals surface area contributed by atoms with E-state index in [2.05, 4.69) is 46.6 Å². The molecular formula is C20H23BrN4O2S2. The van der Waals surface area contributed by atoms with E-state index in [1.165, 1.54) is 11.8 Å². The van der Waals surface area contributed by atoms with Crippen LogP contribution >= 0.6 is 39.0 Å². The molecule has 0 radical (unpaired) electrons. The van der Waals surface area contributed by atoms with Crippen LogP contribution in [0.15, 0.2) is 56.5 Å². The van der Waals surface area contributed by atoms with Crippen LogP contribution in [-0.4, -0.2) is 37.9 Å². The van der Waals surface area contributed by atoms with Crippen molar-refractivity contribution in [1.82, 2.24) is 19.7 Å². The summed E-state index contributed by atoms with van der Waals surface area (Å²) >= 11 is 6.50. The van der Waals surface area contributed by atoms with Gasteiger partial charge in [-0.2, -0.15) is 0 Å². The van der Waals surface area contributed by atoms with E-state index in [1.54, 1.807) is 28.6 Å². The maximum atomic E-state index is 12.9. The van der Waals surface area contributed by atoms with Gasteiger partial charge in [-0.05, 0) is 40.2 Å². The molecule has 154 valence electrons. The average molecular weight is 495 g/mol. The highest BCUT2D eigenvalue weighted by molar-refractivity contribution is 9.11. The number of halogens is 1. The molecule has 0 saturated carbocycles. The number of furan rings is 1. The van der Waals surface area contributed by atoms with Crippen LogP contribution in [0.4, 0.5) is 0 Å². The van der Waals surface area contributed by atoms with Crippen LogP contribution in [0.5, 0.6) is 0 Å². The molecule has 1 amide bonds. The van der Waals surface area contributed by atoms with Crippen molar-refractivity contribution in [2.45, 2.75) is 38.0 Å². The van der Waals surface area contributed by atoms with Gasteiger partial charge < -0.3 is 9.32 Å². The molecule has 0 aliphatic carbocycles. The molecule has 0 atom stereocenters. The molecule has 0 aliphatic heterocycles. The lowest BCUT2D eigenvalue weighted by atomic mass is 10.2. The highest BCUT2D eigenvalue weighted by atomic mass is 79.9. The molecule has 29 heavy (non-hydrogen) atoms. The Bertz CT molecular complexity index is 950. The maximum Gasteiger partial charge on any atom is 0.233 e. The topological polar surface area (TPSA) is 64.2 Å². The number of thioether (sulfide) groups is 1. The summed E-state index contributed by atoms with van der Waals surface area (Å²) in [5, 5.41) is 9.37. The van der Waals surface area contributed by atoms with Crippen molar-refractivity contribution in [3.8, 4) is 0 Å². The fourth-order valence-electron chi connectivity index (χ4n) is 2.79. The summed E-state index contributed by atoms with van der Waals surface area (Å²) in [6.45, 7) is 9.55. The lowest BCUT2D eigenvalue weighted by Gasteiger charge is -2.20. The maximum absolute atomic E-state index is 12.9. The number of rotatable bonds is 10. The van der Waals surface area contributed by atoms with Crippen molar-refractivity contribution in [3.05, 3.63) is 63.4 Å². The summed E-state index contributed by atoms with van der Waals surface area (Å²) < 4.78 is 8.57. The summed E-state index contributed by atoms with van der Waals surface area (Å²) in [7, 11) is 0. The summed E-state index contributed by atoms with van der Waals surface area (Å²) in [6.07, 6.45) is 3.41. The molecule has 0 spiro atoms. The Morgan fingerprint density at radius 2 is 2.24 bits per heavy atom. The minimum absolute atomic E-state index is 0.0399. The van der Waals surface area contributed by atoms with E-state index in [-0.39, 0.29) is 17.6 Å². The summed E-state index contributed by atoms with van der Waals surface area (Å²) in [5.41, 5.74) is 0. The molecule has 0 fully saturated rings. The third-order valence-electron chi connectivity index (χ3n) is 4.16. The third-order valence-corrected chi connectivity index (χ3v) is 6.72. The zero-order chi connectivity index (χ0) is 20.8. The van der Waals surface area contributed by atoms with Gasteiger partial charge in [0.2, 0.25) is 5.91 Å². The lowest BCUT2D eigenvalue weighted by molar-refractivity contribution is -0.128. The summed E-state index contributed by atoms with van der Waals surface area (Å²) in [5.74, 6) is 2.25. The molecular weight excluding hydrogens is 472 g/mol. The molecule has 3 heterocycles. The first kappa shape index (κ1) is 21.9. The number of amides is 1. The number of carbonyl (C=O) groups is 1. The number of nitrogens with zero attached hydrogens (tertiary/aromatic N) is 4. The second-order valence-corrected chi connectivity index (χ2v) is 10.2. The first-order valence-corrected chi connectivity index (χ1v) is 11.8. The third kappa shape index (κ3) is 5.83. The van der Waals surface area contributed by atoms with Crippen molar-refractivity contribution in [2.24, 2.45) is 0 Å².